The van der Waals surface area contributed by atoms with Gasteiger partial charge in [0.05, 0.1) is 37.2 Å². The molecular weight excluding hydrogens is 626 g/mol. The molecule has 46 heavy (non-hydrogen) atoms. The summed E-state index contributed by atoms with van der Waals surface area (Å²) in [5.74, 6) is 0.0963. The monoisotopic (exact) mass is 673 g/mol. The molecule has 4 atom stereocenters. The number of rotatable bonds is 6. The van der Waals surface area contributed by atoms with Crippen molar-refractivity contribution in [3.05, 3.63) is 58.1 Å². The van der Waals surface area contributed by atoms with Gasteiger partial charge >= 0.3 is 0 Å². The lowest BCUT2D eigenvalue weighted by Crippen LogP contribution is -2.47. The summed E-state index contributed by atoms with van der Waals surface area (Å²) in [4.78, 5) is 28.7. The van der Waals surface area contributed by atoms with Gasteiger partial charge in [0.1, 0.15) is 15.7 Å². The van der Waals surface area contributed by atoms with Gasteiger partial charge in [0.15, 0.2) is 0 Å². The molecule has 3 aliphatic rings. The lowest BCUT2D eigenvalue weighted by molar-refractivity contribution is -0.120. The predicted molar refractivity (Wildman–Crippen MR) is 182 cm³/mol. The summed E-state index contributed by atoms with van der Waals surface area (Å²) < 4.78 is 38.3. The SMILES string of the molecule is CC[C@@H]1C[C@@H](OC)CCCCC[S@@](=O)(NC(=O)CCOC)=NC(=O)c2ccc3c(c2)N(C1)C[C@@]1(CCCc2cc(Cl)ccc21)CO3. The van der Waals surface area contributed by atoms with E-state index in [1.165, 1.54) is 18.2 Å². The van der Waals surface area contributed by atoms with Gasteiger partial charge in [0.2, 0.25) is 5.91 Å². The molecule has 0 radical (unpaired) electrons. The number of amides is 2. The lowest BCUT2D eigenvalue weighted by Gasteiger charge is -2.41. The summed E-state index contributed by atoms with van der Waals surface area (Å²) in [7, 11) is -0.0645. The number of nitrogens with one attached hydrogen (secondary N) is 1. The standard InChI is InChI=1S/C35H48ClN3O6S/c1-4-25-19-29(44-3)10-6-5-7-18-46(42,37-33(40)15-17-43-2)38-34(41)27-11-14-32-31(21-27)39(22-25)23-35(24-45-32)16-8-9-26-20-28(36)12-13-30(26)35/h11-14,20-21,25,29H,4-10,15-19,22-24H2,1-3H3,(H,37,38,40,41,42)/t25-,29+,35+,46-/m1/s1. The Morgan fingerprint density at radius 2 is 2.02 bits per heavy atom. The van der Waals surface area contributed by atoms with Gasteiger partial charge < -0.3 is 19.1 Å². The minimum absolute atomic E-state index is 0.0353. The molecule has 1 N–H and O–H groups in total. The fourth-order valence-corrected chi connectivity index (χ4v) is 9.07. The maximum atomic E-state index is 14.0. The number of nitrogens with zero attached hydrogens (tertiary/aromatic N) is 2. The molecule has 0 saturated carbocycles. The Bertz CT molecular complexity index is 1530. The van der Waals surface area contributed by atoms with E-state index in [-0.39, 0.29) is 30.3 Å². The van der Waals surface area contributed by atoms with E-state index in [9.17, 15) is 13.8 Å². The summed E-state index contributed by atoms with van der Waals surface area (Å²) in [5, 5.41) is 0.744. The van der Waals surface area contributed by atoms with E-state index in [2.05, 4.69) is 33.0 Å². The first-order chi connectivity index (χ1) is 22.2. The third-order valence-corrected chi connectivity index (χ3v) is 11.8. The molecule has 252 valence electrons. The summed E-state index contributed by atoms with van der Waals surface area (Å²) >= 11 is 6.43. The van der Waals surface area contributed by atoms with Gasteiger partial charge in [0.25, 0.3) is 5.91 Å². The van der Waals surface area contributed by atoms with Crippen LogP contribution in [0.5, 0.6) is 5.75 Å². The minimum Gasteiger partial charge on any atom is -0.490 e. The molecule has 2 aliphatic heterocycles. The van der Waals surface area contributed by atoms with Crippen molar-refractivity contribution in [3.63, 3.8) is 0 Å². The molecule has 2 aromatic rings. The number of halogens is 1. The highest BCUT2D eigenvalue weighted by Crippen LogP contribution is 2.45. The number of hydrogen-bond donors (Lipinski definition) is 1. The number of ether oxygens (including phenoxy) is 3. The molecule has 0 fully saturated rings. The number of carbonyl (C=O) groups excluding carboxylic acids is 2. The molecular formula is C35H48ClN3O6S. The van der Waals surface area contributed by atoms with Gasteiger partial charge in [-0.05, 0) is 85.9 Å². The Morgan fingerprint density at radius 1 is 1.17 bits per heavy atom. The number of fused-ring (bicyclic) bond motifs is 3. The highest BCUT2D eigenvalue weighted by Gasteiger charge is 2.42. The minimum atomic E-state index is -3.34. The summed E-state index contributed by atoms with van der Waals surface area (Å²) in [6.45, 7) is 4.44. The highest BCUT2D eigenvalue weighted by atomic mass is 35.5. The Balaban J connectivity index is 1.57. The van der Waals surface area contributed by atoms with Crippen molar-refractivity contribution in [2.75, 3.05) is 51.2 Å². The summed E-state index contributed by atoms with van der Waals surface area (Å²) in [6.07, 6.45) is 8.17. The first-order valence-electron chi connectivity index (χ1n) is 16.6. The maximum Gasteiger partial charge on any atom is 0.286 e. The number of anilines is 1. The third-order valence-electron chi connectivity index (χ3n) is 9.75. The number of carbonyl (C=O) groups is 2. The second kappa shape index (κ2) is 15.5. The van der Waals surface area contributed by atoms with Crippen molar-refractivity contribution < 1.29 is 28.0 Å². The van der Waals surface area contributed by atoms with Gasteiger partial charge in [-0.15, -0.1) is 4.36 Å². The van der Waals surface area contributed by atoms with Crippen LogP contribution in [0.3, 0.4) is 0 Å². The van der Waals surface area contributed by atoms with E-state index < -0.39 is 21.7 Å². The smallest absolute Gasteiger partial charge is 0.286 e. The maximum absolute atomic E-state index is 14.0. The van der Waals surface area contributed by atoms with Crippen LogP contribution in [0, 0.1) is 5.92 Å². The molecule has 2 bridgehead atoms. The van der Waals surface area contributed by atoms with Crippen molar-refractivity contribution in [1.29, 1.82) is 0 Å². The Labute approximate surface area is 279 Å². The quantitative estimate of drug-likeness (QED) is 0.373. The van der Waals surface area contributed by atoms with Crippen molar-refractivity contribution in [2.45, 2.75) is 82.7 Å². The van der Waals surface area contributed by atoms with Crippen LogP contribution >= 0.6 is 11.6 Å². The van der Waals surface area contributed by atoms with Crippen LogP contribution in [0.1, 0.15) is 86.2 Å². The Morgan fingerprint density at radius 3 is 2.80 bits per heavy atom. The van der Waals surface area contributed by atoms with E-state index in [4.69, 9.17) is 25.8 Å². The molecule has 0 unspecified atom stereocenters. The Hall–Kier alpha value is -2.66. The van der Waals surface area contributed by atoms with Crippen LogP contribution in [-0.2, 0) is 36.0 Å². The van der Waals surface area contributed by atoms with E-state index in [0.29, 0.717) is 30.3 Å². The van der Waals surface area contributed by atoms with Crippen LogP contribution in [0.2, 0.25) is 5.02 Å². The average Bonchev–Trinajstić information content (AvgIpc) is 3.18. The van der Waals surface area contributed by atoms with Crippen molar-refractivity contribution in [3.8, 4) is 5.75 Å². The van der Waals surface area contributed by atoms with Crippen LogP contribution in [0.15, 0.2) is 40.8 Å². The third kappa shape index (κ3) is 8.24. The van der Waals surface area contributed by atoms with Crippen LogP contribution in [0.25, 0.3) is 0 Å². The second-order valence-corrected chi connectivity index (χ2v) is 15.5. The highest BCUT2D eigenvalue weighted by molar-refractivity contribution is 7.92. The van der Waals surface area contributed by atoms with Gasteiger partial charge in [-0.25, -0.2) is 4.21 Å². The average molecular weight is 674 g/mol. The van der Waals surface area contributed by atoms with E-state index >= 15 is 0 Å². The summed E-state index contributed by atoms with van der Waals surface area (Å²) in [5.41, 5.74) is 3.45. The second-order valence-electron chi connectivity index (χ2n) is 13.0. The van der Waals surface area contributed by atoms with Crippen molar-refractivity contribution >= 4 is 39.0 Å². The predicted octanol–water partition coefficient (Wildman–Crippen LogP) is 6.49. The van der Waals surface area contributed by atoms with Gasteiger partial charge in [-0.2, -0.15) is 0 Å². The van der Waals surface area contributed by atoms with Crippen LogP contribution in [0.4, 0.5) is 5.69 Å². The number of benzene rings is 2. The first-order valence-corrected chi connectivity index (χ1v) is 18.7. The largest absolute Gasteiger partial charge is 0.490 e. The van der Waals surface area contributed by atoms with E-state index in [0.717, 1.165) is 75.2 Å². The zero-order valence-electron chi connectivity index (χ0n) is 27.4. The fraction of sp³-hybridized carbons (Fsp3) is 0.600. The number of aryl methyl sites for hydroxylation is 1. The van der Waals surface area contributed by atoms with Crippen LogP contribution in [-0.4, -0.2) is 68.4 Å². The molecule has 1 spiro atoms. The lowest BCUT2D eigenvalue weighted by atomic mass is 9.70. The first kappa shape index (κ1) is 34.7. The Kier molecular flexibility index (Phi) is 11.7. The molecule has 5 rings (SSSR count). The van der Waals surface area contributed by atoms with Gasteiger partial charge in [0, 0.05) is 43.3 Å². The van der Waals surface area contributed by atoms with E-state index in [1.54, 1.807) is 13.2 Å². The van der Waals surface area contributed by atoms with Crippen molar-refractivity contribution in [2.24, 2.45) is 10.3 Å². The van der Waals surface area contributed by atoms with E-state index in [1.807, 2.05) is 18.2 Å². The zero-order valence-corrected chi connectivity index (χ0v) is 28.9. The molecule has 2 heterocycles. The summed E-state index contributed by atoms with van der Waals surface area (Å²) in [6, 6.07) is 11.6. The number of hydrogen-bond acceptors (Lipinski definition) is 7. The normalized spacial score (nSPS) is 27.2. The molecule has 11 heteroatoms. The molecule has 2 aromatic carbocycles. The molecule has 0 saturated heterocycles. The fourth-order valence-electron chi connectivity index (χ4n) is 7.21. The topological polar surface area (TPSA) is 107 Å². The molecule has 0 aromatic heterocycles. The molecule has 1 aliphatic carbocycles. The van der Waals surface area contributed by atoms with Crippen molar-refractivity contribution in [1.82, 2.24) is 4.72 Å². The number of methoxy groups -OCH3 is 2. The molecule has 2 amide bonds. The zero-order chi connectivity index (χ0) is 32.7. The van der Waals surface area contributed by atoms with Gasteiger partial charge in [-0.1, -0.05) is 43.9 Å². The molecule has 9 nitrogen and oxygen atoms in total. The van der Waals surface area contributed by atoms with Gasteiger partial charge in [-0.3, -0.25) is 14.3 Å². The van der Waals surface area contributed by atoms with Crippen LogP contribution < -0.4 is 14.4 Å².